The lowest BCUT2D eigenvalue weighted by atomic mass is 10.0. The number of nitrogens with zero attached hydrogens (tertiary/aromatic N) is 4. The number of phenolic OH excluding ortho intramolecular Hbond substituents is 1. The Morgan fingerprint density at radius 3 is 2.89 bits per heavy atom. The van der Waals surface area contributed by atoms with E-state index in [4.69, 9.17) is 0 Å². The van der Waals surface area contributed by atoms with Crippen LogP contribution in [0.1, 0.15) is 5.56 Å². The largest absolute Gasteiger partial charge is 0.507 e. The van der Waals surface area contributed by atoms with E-state index in [1.54, 1.807) is 12.3 Å². The quantitative estimate of drug-likeness (QED) is 0.695. The fourth-order valence-electron chi connectivity index (χ4n) is 1.80. The van der Waals surface area contributed by atoms with Crippen molar-refractivity contribution in [1.29, 1.82) is 0 Å². The highest BCUT2D eigenvalue weighted by Gasteiger charge is 2.04. The summed E-state index contributed by atoms with van der Waals surface area (Å²) in [7, 11) is 0. The molecular formula is C13H10N4O. The second-order valence-corrected chi connectivity index (χ2v) is 3.78. The minimum atomic E-state index is 0.192. The standard InChI is InChI=1S/C13H10N4O/c18-13-6-5-10-3-1-2-4-11(10)12(13)7-15-17-9-14-8-16-17/h1-9,18H/b15-7-. The number of hydrogen-bond acceptors (Lipinski definition) is 4. The van der Waals surface area contributed by atoms with Gasteiger partial charge in [-0.3, -0.25) is 0 Å². The Bertz CT molecular complexity index is 704. The molecule has 0 fully saturated rings. The van der Waals surface area contributed by atoms with Crippen molar-refractivity contribution in [2.45, 2.75) is 0 Å². The minimum absolute atomic E-state index is 0.192. The Labute approximate surface area is 103 Å². The molecule has 0 spiro atoms. The van der Waals surface area contributed by atoms with Crippen LogP contribution in [0.4, 0.5) is 0 Å². The molecule has 5 heteroatoms. The maximum Gasteiger partial charge on any atom is 0.139 e. The first-order valence-corrected chi connectivity index (χ1v) is 5.44. The molecule has 0 aliphatic rings. The van der Waals surface area contributed by atoms with Crippen LogP contribution >= 0.6 is 0 Å². The molecule has 0 saturated carbocycles. The van der Waals surface area contributed by atoms with Crippen molar-refractivity contribution in [3.63, 3.8) is 0 Å². The van der Waals surface area contributed by atoms with E-state index in [9.17, 15) is 5.11 Å². The Kier molecular flexibility index (Phi) is 2.49. The van der Waals surface area contributed by atoms with Crippen molar-refractivity contribution >= 4 is 17.0 Å². The molecule has 0 bridgehead atoms. The number of aromatic hydroxyl groups is 1. The molecule has 2 aromatic carbocycles. The summed E-state index contributed by atoms with van der Waals surface area (Å²) in [5.74, 6) is 0.192. The molecule has 5 nitrogen and oxygen atoms in total. The molecule has 88 valence electrons. The fraction of sp³-hybridized carbons (Fsp3) is 0. The summed E-state index contributed by atoms with van der Waals surface area (Å²) in [6.07, 6.45) is 4.46. The van der Waals surface area contributed by atoms with Crippen molar-refractivity contribution in [2.24, 2.45) is 5.10 Å². The maximum absolute atomic E-state index is 9.90. The number of aromatic nitrogens is 3. The molecule has 0 radical (unpaired) electrons. The van der Waals surface area contributed by atoms with Gasteiger partial charge in [0.1, 0.15) is 18.4 Å². The summed E-state index contributed by atoms with van der Waals surface area (Å²) < 4.78 is 0. The molecule has 0 amide bonds. The smallest absolute Gasteiger partial charge is 0.139 e. The Balaban J connectivity index is 2.13. The summed E-state index contributed by atoms with van der Waals surface area (Å²) in [4.78, 5) is 5.13. The highest BCUT2D eigenvalue weighted by molar-refractivity contribution is 6.02. The van der Waals surface area contributed by atoms with Crippen LogP contribution in [0.5, 0.6) is 5.75 Å². The van der Waals surface area contributed by atoms with E-state index < -0.39 is 0 Å². The topological polar surface area (TPSA) is 63.3 Å². The van der Waals surface area contributed by atoms with Gasteiger partial charge in [0, 0.05) is 5.56 Å². The van der Waals surface area contributed by atoms with Crippen LogP contribution in [0, 0.1) is 0 Å². The lowest BCUT2D eigenvalue weighted by Gasteiger charge is -2.04. The van der Waals surface area contributed by atoms with Crippen LogP contribution < -0.4 is 0 Å². The number of rotatable bonds is 2. The summed E-state index contributed by atoms with van der Waals surface area (Å²) in [5, 5.41) is 19.9. The molecule has 0 saturated heterocycles. The number of phenols is 1. The van der Waals surface area contributed by atoms with Crippen molar-refractivity contribution in [1.82, 2.24) is 14.9 Å². The third kappa shape index (κ3) is 1.82. The van der Waals surface area contributed by atoms with Gasteiger partial charge in [0.2, 0.25) is 0 Å². The summed E-state index contributed by atoms with van der Waals surface area (Å²) >= 11 is 0. The van der Waals surface area contributed by atoms with Crippen LogP contribution in [0.25, 0.3) is 10.8 Å². The van der Waals surface area contributed by atoms with E-state index in [1.165, 1.54) is 17.4 Å². The van der Waals surface area contributed by atoms with Crippen molar-refractivity contribution in [2.75, 3.05) is 0 Å². The highest BCUT2D eigenvalue weighted by atomic mass is 16.3. The van der Waals surface area contributed by atoms with Gasteiger partial charge in [-0.15, -0.1) is 9.89 Å². The molecule has 1 heterocycles. The predicted octanol–water partition coefficient (Wildman–Crippen LogP) is 2.02. The van der Waals surface area contributed by atoms with E-state index in [0.29, 0.717) is 5.56 Å². The zero-order valence-corrected chi connectivity index (χ0v) is 9.43. The van der Waals surface area contributed by atoms with Gasteiger partial charge < -0.3 is 5.11 Å². The number of benzene rings is 2. The summed E-state index contributed by atoms with van der Waals surface area (Å²) in [6.45, 7) is 0. The summed E-state index contributed by atoms with van der Waals surface area (Å²) in [5.41, 5.74) is 0.670. The molecule has 1 aromatic heterocycles. The van der Waals surface area contributed by atoms with Crippen molar-refractivity contribution in [3.8, 4) is 5.75 Å². The molecule has 0 atom stereocenters. The Morgan fingerprint density at radius 2 is 2.06 bits per heavy atom. The normalized spacial score (nSPS) is 11.3. The van der Waals surface area contributed by atoms with Gasteiger partial charge in [-0.1, -0.05) is 30.3 Å². The monoisotopic (exact) mass is 238 g/mol. The third-order valence-corrected chi connectivity index (χ3v) is 2.66. The lowest BCUT2D eigenvalue weighted by molar-refractivity contribution is 0.475. The van der Waals surface area contributed by atoms with Crippen LogP contribution in [0.3, 0.4) is 0 Å². The van der Waals surface area contributed by atoms with Gasteiger partial charge in [0.05, 0.1) is 6.21 Å². The van der Waals surface area contributed by atoms with Crippen LogP contribution in [-0.2, 0) is 0 Å². The number of fused-ring (bicyclic) bond motifs is 1. The summed E-state index contributed by atoms with van der Waals surface area (Å²) in [6, 6.07) is 11.3. The molecule has 3 rings (SSSR count). The van der Waals surface area contributed by atoms with E-state index in [-0.39, 0.29) is 5.75 Å². The molecule has 1 N–H and O–H groups in total. The van der Waals surface area contributed by atoms with E-state index in [1.807, 2.05) is 30.3 Å². The van der Waals surface area contributed by atoms with E-state index in [2.05, 4.69) is 15.2 Å². The van der Waals surface area contributed by atoms with Gasteiger partial charge in [-0.25, -0.2) is 4.98 Å². The molecule has 3 aromatic rings. The van der Waals surface area contributed by atoms with Gasteiger partial charge >= 0.3 is 0 Å². The first-order chi connectivity index (χ1) is 8.84. The second kappa shape index (κ2) is 4.29. The highest BCUT2D eigenvalue weighted by Crippen LogP contribution is 2.25. The first-order valence-electron chi connectivity index (χ1n) is 5.44. The SMILES string of the molecule is Oc1ccc2ccccc2c1/C=N\n1cncn1. The molecular weight excluding hydrogens is 228 g/mol. The molecule has 0 aliphatic carbocycles. The average molecular weight is 238 g/mol. The van der Waals surface area contributed by atoms with Gasteiger partial charge in [-0.2, -0.15) is 5.10 Å². The minimum Gasteiger partial charge on any atom is -0.507 e. The lowest BCUT2D eigenvalue weighted by Crippen LogP contribution is -1.92. The van der Waals surface area contributed by atoms with E-state index >= 15 is 0 Å². The maximum atomic E-state index is 9.90. The van der Waals surface area contributed by atoms with Crippen LogP contribution in [0.2, 0.25) is 0 Å². The Morgan fingerprint density at radius 1 is 1.17 bits per heavy atom. The number of hydrogen-bond donors (Lipinski definition) is 1. The van der Waals surface area contributed by atoms with Gasteiger partial charge in [-0.05, 0) is 16.8 Å². The average Bonchev–Trinajstić information content (AvgIpc) is 2.91. The second-order valence-electron chi connectivity index (χ2n) is 3.78. The zero-order chi connectivity index (χ0) is 12.4. The fourth-order valence-corrected chi connectivity index (χ4v) is 1.80. The van der Waals surface area contributed by atoms with Crippen molar-refractivity contribution < 1.29 is 5.11 Å². The first kappa shape index (κ1) is 10.5. The van der Waals surface area contributed by atoms with Gasteiger partial charge in [0.15, 0.2) is 0 Å². The molecule has 18 heavy (non-hydrogen) atoms. The third-order valence-electron chi connectivity index (χ3n) is 2.66. The van der Waals surface area contributed by atoms with Crippen molar-refractivity contribution in [3.05, 3.63) is 54.6 Å². The zero-order valence-electron chi connectivity index (χ0n) is 9.43. The van der Waals surface area contributed by atoms with Gasteiger partial charge in [0.25, 0.3) is 0 Å². The van der Waals surface area contributed by atoms with Crippen LogP contribution in [0.15, 0.2) is 54.2 Å². The molecule has 0 aliphatic heterocycles. The van der Waals surface area contributed by atoms with E-state index in [0.717, 1.165) is 10.8 Å². The Hall–Kier alpha value is -2.69. The predicted molar refractivity (Wildman–Crippen MR) is 68.6 cm³/mol. The van der Waals surface area contributed by atoms with Crippen LogP contribution in [-0.4, -0.2) is 26.2 Å². The molecule has 0 unspecified atom stereocenters.